The van der Waals surface area contributed by atoms with Gasteiger partial charge in [0.25, 0.3) is 0 Å². The first-order chi connectivity index (χ1) is 10.8. The Kier molecular flexibility index (Phi) is 6.30. The highest BCUT2D eigenvalue weighted by Gasteiger charge is 2.02. The molecule has 0 amide bonds. The van der Waals surface area contributed by atoms with Gasteiger partial charge in [-0.25, -0.2) is 0 Å². The molecule has 0 aliphatic heterocycles. The zero-order valence-corrected chi connectivity index (χ0v) is 13.1. The molecule has 0 aromatic heterocycles. The molecule has 2 rings (SSSR count). The molecule has 0 aliphatic rings. The molecule has 4 heteroatoms. The number of nitrogens with zero attached hydrogens (tertiary/aromatic N) is 2. The highest BCUT2D eigenvalue weighted by molar-refractivity contribution is 5.92. The van der Waals surface area contributed by atoms with E-state index in [9.17, 15) is 0 Å². The van der Waals surface area contributed by atoms with Gasteiger partial charge in [-0.15, -0.1) is 0 Å². The van der Waals surface area contributed by atoms with Crippen LogP contribution in [0, 0.1) is 0 Å². The number of anilines is 2. The van der Waals surface area contributed by atoms with Gasteiger partial charge in [-0.3, -0.25) is 4.99 Å². The molecular formula is C18H24N4. The fourth-order valence-corrected chi connectivity index (χ4v) is 2.28. The molecule has 0 heterocycles. The van der Waals surface area contributed by atoms with E-state index in [-0.39, 0.29) is 0 Å². The first kappa shape index (κ1) is 15.9. The van der Waals surface area contributed by atoms with Crippen molar-refractivity contribution in [2.24, 2.45) is 10.7 Å². The average molecular weight is 296 g/mol. The Morgan fingerprint density at radius 1 is 1.05 bits per heavy atom. The Morgan fingerprint density at radius 3 is 2.32 bits per heavy atom. The van der Waals surface area contributed by atoms with Crippen molar-refractivity contribution in [2.75, 3.05) is 29.9 Å². The second-order valence-electron chi connectivity index (χ2n) is 5.03. The van der Waals surface area contributed by atoms with Crippen LogP contribution < -0.4 is 16.0 Å². The maximum Gasteiger partial charge on any atom is 0.193 e. The van der Waals surface area contributed by atoms with Gasteiger partial charge in [0.15, 0.2) is 5.96 Å². The van der Waals surface area contributed by atoms with Gasteiger partial charge in [0.05, 0.1) is 0 Å². The van der Waals surface area contributed by atoms with Gasteiger partial charge in [0.1, 0.15) is 0 Å². The zero-order valence-electron chi connectivity index (χ0n) is 13.1. The van der Waals surface area contributed by atoms with Crippen LogP contribution >= 0.6 is 0 Å². The maximum atomic E-state index is 5.89. The van der Waals surface area contributed by atoms with E-state index < -0.39 is 0 Å². The van der Waals surface area contributed by atoms with Crippen molar-refractivity contribution >= 4 is 17.3 Å². The van der Waals surface area contributed by atoms with E-state index in [4.69, 9.17) is 5.73 Å². The molecule has 3 N–H and O–H groups in total. The molecular weight excluding hydrogens is 272 g/mol. The number of aliphatic imine (C=N–C) groups is 1. The third-order valence-electron chi connectivity index (χ3n) is 3.42. The SMILES string of the molecule is CCN(CCCN=C(N)Nc1ccccc1)c1ccccc1. The van der Waals surface area contributed by atoms with E-state index in [0.29, 0.717) is 5.96 Å². The molecule has 4 nitrogen and oxygen atoms in total. The monoisotopic (exact) mass is 296 g/mol. The summed E-state index contributed by atoms with van der Waals surface area (Å²) in [5.74, 6) is 0.467. The van der Waals surface area contributed by atoms with Crippen LogP contribution in [0.3, 0.4) is 0 Å². The van der Waals surface area contributed by atoms with Crippen LogP contribution in [0.5, 0.6) is 0 Å². The Hall–Kier alpha value is -2.49. The predicted molar refractivity (Wildman–Crippen MR) is 95.5 cm³/mol. The molecule has 0 atom stereocenters. The topological polar surface area (TPSA) is 53.6 Å². The lowest BCUT2D eigenvalue weighted by Gasteiger charge is -2.22. The Morgan fingerprint density at radius 2 is 1.68 bits per heavy atom. The lowest BCUT2D eigenvalue weighted by molar-refractivity contribution is 0.755. The predicted octanol–water partition coefficient (Wildman–Crippen LogP) is 3.33. The second kappa shape index (κ2) is 8.72. The molecule has 0 saturated carbocycles. The third-order valence-corrected chi connectivity index (χ3v) is 3.42. The van der Waals surface area contributed by atoms with Gasteiger partial charge in [-0.05, 0) is 37.6 Å². The minimum absolute atomic E-state index is 0.467. The van der Waals surface area contributed by atoms with E-state index in [1.165, 1.54) is 5.69 Å². The molecule has 0 bridgehead atoms. The Bertz CT molecular complexity index is 566. The summed E-state index contributed by atoms with van der Waals surface area (Å²) in [6.07, 6.45) is 0.972. The average Bonchev–Trinajstić information content (AvgIpc) is 2.56. The van der Waals surface area contributed by atoms with Crippen molar-refractivity contribution in [2.45, 2.75) is 13.3 Å². The van der Waals surface area contributed by atoms with Crippen LogP contribution in [0.4, 0.5) is 11.4 Å². The molecule has 0 fully saturated rings. The lowest BCUT2D eigenvalue weighted by atomic mass is 10.2. The van der Waals surface area contributed by atoms with E-state index >= 15 is 0 Å². The molecule has 2 aromatic carbocycles. The van der Waals surface area contributed by atoms with Crippen molar-refractivity contribution in [3.05, 3.63) is 60.7 Å². The van der Waals surface area contributed by atoms with Crippen LogP contribution in [0.25, 0.3) is 0 Å². The molecule has 2 aromatic rings. The number of nitrogens with two attached hydrogens (primary N) is 1. The van der Waals surface area contributed by atoms with Gasteiger partial charge in [0.2, 0.25) is 0 Å². The van der Waals surface area contributed by atoms with E-state index in [1.54, 1.807) is 0 Å². The maximum absolute atomic E-state index is 5.89. The number of rotatable bonds is 7. The Balaban J connectivity index is 1.77. The highest BCUT2D eigenvalue weighted by atomic mass is 15.1. The summed E-state index contributed by atoms with van der Waals surface area (Å²) in [6.45, 7) is 4.85. The summed E-state index contributed by atoms with van der Waals surface area (Å²) < 4.78 is 0. The fraction of sp³-hybridized carbons (Fsp3) is 0.278. The molecule has 22 heavy (non-hydrogen) atoms. The van der Waals surface area contributed by atoms with Gasteiger partial charge in [0, 0.05) is 31.0 Å². The zero-order chi connectivity index (χ0) is 15.6. The van der Waals surface area contributed by atoms with Crippen LogP contribution in [0.15, 0.2) is 65.7 Å². The van der Waals surface area contributed by atoms with Crippen molar-refractivity contribution in [3.8, 4) is 0 Å². The molecule has 0 unspecified atom stereocenters. The largest absolute Gasteiger partial charge is 0.372 e. The van der Waals surface area contributed by atoms with Gasteiger partial charge < -0.3 is 16.0 Å². The van der Waals surface area contributed by atoms with Crippen LogP contribution in [-0.4, -0.2) is 25.6 Å². The van der Waals surface area contributed by atoms with Gasteiger partial charge in [-0.2, -0.15) is 0 Å². The minimum atomic E-state index is 0.467. The number of hydrogen-bond donors (Lipinski definition) is 2. The minimum Gasteiger partial charge on any atom is -0.372 e. The summed E-state index contributed by atoms with van der Waals surface area (Å²) in [4.78, 5) is 6.72. The van der Waals surface area contributed by atoms with Crippen LogP contribution in [0.2, 0.25) is 0 Å². The smallest absolute Gasteiger partial charge is 0.193 e. The number of benzene rings is 2. The van der Waals surface area contributed by atoms with Crippen molar-refractivity contribution in [1.29, 1.82) is 0 Å². The number of guanidine groups is 1. The van der Waals surface area contributed by atoms with Crippen LogP contribution in [-0.2, 0) is 0 Å². The first-order valence-corrected chi connectivity index (χ1v) is 7.71. The number of nitrogens with one attached hydrogen (secondary N) is 1. The lowest BCUT2D eigenvalue weighted by Crippen LogP contribution is -2.26. The normalized spacial score (nSPS) is 11.2. The summed E-state index contributed by atoms with van der Waals surface area (Å²) in [5, 5.41) is 3.09. The molecule has 0 radical (unpaired) electrons. The second-order valence-corrected chi connectivity index (χ2v) is 5.03. The van der Waals surface area contributed by atoms with E-state index in [2.05, 4.69) is 46.4 Å². The standard InChI is InChI=1S/C18H24N4/c1-2-22(17-12-7-4-8-13-17)15-9-14-20-18(19)21-16-10-5-3-6-11-16/h3-8,10-13H,2,9,14-15H2,1H3,(H3,19,20,21). The molecule has 0 aliphatic carbocycles. The third kappa shape index (κ3) is 5.13. The molecule has 0 spiro atoms. The summed E-state index contributed by atoms with van der Waals surface area (Å²) in [6, 6.07) is 20.3. The summed E-state index contributed by atoms with van der Waals surface area (Å²) in [7, 11) is 0. The van der Waals surface area contributed by atoms with E-state index in [1.807, 2.05) is 36.4 Å². The fourth-order valence-electron chi connectivity index (χ4n) is 2.28. The Labute approximate surface area is 132 Å². The van der Waals surface area contributed by atoms with Crippen molar-refractivity contribution in [1.82, 2.24) is 0 Å². The van der Waals surface area contributed by atoms with Crippen molar-refractivity contribution in [3.63, 3.8) is 0 Å². The van der Waals surface area contributed by atoms with Gasteiger partial charge in [-0.1, -0.05) is 36.4 Å². The highest BCUT2D eigenvalue weighted by Crippen LogP contribution is 2.12. The van der Waals surface area contributed by atoms with E-state index in [0.717, 1.165) is 31.7 Å². The van der Waals surface area contributed by atoms with Crippen molar-refractivity contribution < 1.29 is 0 Å². The van der Waals surface area contributed by atoms with Gasteiger partial charge >= 0.3 is 0 Å². The first-order valence-electron chi connectivity index (χ1n) is 7.71. The summed E-state index contributed by atoms with van der Waals surface area (Å²) >= 11 is 0. The quantitative estimate of drug-likeness (QED) is 0.468. The summed E-state index contributed by atoms with van der Waals surface area (Å²) in [5.41, 5.74) is 8.11. The number of para-hydroxylation sites is 2. The number of hydrogen-bond acceptors (Lipinski definition) is 2. The molecule has 116 valence electrons. The molecule has 0 saturated heterocycles. The van der Waals surface area contributed by atoms with Crippen LogP contribution in [0.1, 0.15) is 13.3 Å².